The molecular weight excluding hydrogens is 312 g/mol. The van der Waals surface area contributed by atoms with E-state index in [2.05, 4.69) is 5.32 Å². The number of hydrogen-bond acceptors (Lipinski definition) is 5. The maximum atomic E-state index is 12.3. The molecule has 7 heteroatoms. The fourth-order valence-corrected chi connectivity index (χ4v) is 1.99. The van der Waals surface area contributed by atoms with Gasteiger partial charge in [-0.1, -0.05) is 6.07 Å². The van der Waals surface area contributed by atoms with Crippen molar-refractivity contribution in [1.82, 2.24) is 4.90 Å². The second-order valence-electron chi connectivity index (χ2n) is 4.90. The van der Waals surface area contributed by atoms with Crippen molar-refractivity contribution in [2.45, 2.75) is 20.8 Å². The zero-order valence-corrected chi connectivity index (χ0v) is 14.3. The van der Waals surface area contributed by atoms with Crippen LogP contribution in [0.4, 0.5) is 5.69 Å². The van der Waals surface area contributed by atoms with Gasteiger partial charge in [-0.05, 0) is 39.0 Å². The quantitative estimate of drug-likeness (QED) is 0.694. The van der Waals surface area contributed by atoms with Crippen LogP contribution in [0.3, 0.4) is 0 Å². The molecule has 2 amide bonds. The number of nitrogens with one attached hydrogen (secondary N) is 1. The summed E-state index contributed by atoms with van der Waals surface area (Å²) < 4.78 is 9.66. The maximum absolute atomic E-state index is 12.3. The smallest absolute Gasteiger partial charge is 0.332 e. The summed E-state index contributed by atoms with van der Waals surface area (Å²) >= 11 is 0. The average molecular weight is 336 g/mol. The number of ether oxygens (including phenoxy) is 2. The minimum atomic E-state index is -0.600. The highest BCUT2D eigenvalue weighted by Crippen LogP contribution is 2.13. The Morgan fingerprint density at radius 2 is 1.79 bits per heavy atom. The van der Waals surface area contributed by atoms with Crippen molar-refractivity contribution in [1.29, 1.82) is 0 Å². The first-order valence-electron chi connectivity index (χ1n) is 7.94. The number of hydrogen-bond donors (Lipinski definition) is 1. The van der Waals surface area contributed by atoms with Crippen molar-refractivity contribution in [2.24, 2.45) is 0 Å². The zero-order valence-electron chi connectivity index (χ0n) is 14.3. The summed E-state index contributed by atoms with van der Waals surface area (Å²) in [5, 5.41) is 2.60. The third-order valence-electron chi connectivity index (χ3n) is 3.23. The van der Waals surface area contributed by atoms with Crippen molar-refractivity contribution in [3.8, 4) is 0 Å². The van der Waals surface area contributed by atoms with Crippen LogP contribution >= 0.6 is 0 Å². The summed E-state index contributed by atoms with van der Waals surface area (Å²) in [6.45, 7) is 6.61. The van der Waals surface area contributed by atoms with E-state index in [1.54, 1.807) is 36.1 Å². The lowest BCUT2D eigenvalue weighted by molar-refractivity contribution is -0.151. The molecule has 0 saturated heterocycles. The monoisotopic (exact) mass is 336 g/mol. The Kier molecular flexibility index (Phi) is 8.49. The van der Waals surface area contributed by atoms with Crippen LogP contribution < -0.4 is 5.32 Å². The molecule has 1 aromatic rings. The molecule has 0 aliphatic carbocycles. The molecule has 132 valence electrons. The molecule has 7 nitrogen and oxygen atoms in total. The first kappa shape index (κ1) is 19.6. The first-order chi connectivity index (χ1) is 11.5. The minimum Gasteiger partial charge on any atom is -0.454 e. The van der Waals surface area contributed by atoms with E-state index in [0.29, 0.717) is 30.9 Å². The standard InChI is InChI=1S/C17H24N2O5/c1-4-19(5-2)17(22)13-8-7-9-14(10-13)18-15(20)11-24-16(21)12-23-6-3/h7-10H,4-6,11-12H2,1-3H3,(H,18,20). The van der Waals surface area contributed by atoms with Gasteiger partial charge < -0.3 is 19.7 Å². The second kappa shape index (κ2) is 10.4. The number of rotatable bonds is 9. The Bertz CT molecular complexity index is 570. The van der Waals surface area contributed by atoms with Gasteiger partial charge in [0, 0.05) is 30.9 Å². The van der Waals surface area contributed by atoms with Crippen molar-refractivity contribution < 1.29 is 23.9 Å². The molecule has 0 spiro atoms. The van der Waals surface area contributed by atoms with E-state index in [9.17, 15) is 14.4 Å². The van der Waals surface area contributed by atoms with Gasteiger partial charge in [0.2, 0.25) is 0 Å². The van der Waals surface area contributed by atoms with E-state index in [4.69, 9.17) is 9.47 Å². The molecule has 0 unspecified atom stereocenters. The lowest BCUT2D eigenvalue weighted by atomic mass is 10.1. The van der Waals surface area contributed by atoms with Crippen molar-refractivity contribution >= 4 is 23.5 Å². The minimum absolute atomic E-state index is 0.0979. The summed E-state index contributed by atoms with van der Waals surface area (Å²) in [5.41, 5.74) is 0.962. The molecule has 0 atom stereocenters. The summed E-state index contributed by atoms with van der Waals surface area (Å²) in [4.78, 5) is 37.0. The van der Waals surface area contributed by atoms with Crippen molar-refractivity contribution in [2.75, 3.05) is 38.2 Å². The molecule has 1 N–H and O–H groups in total. The Morgan fingerprint density at radius 1 is 1.08 bits per heavy atom. The van der Waals surface area contributed by atoms with Crippen molar-refractivity contribution in [3.05, 3.63) is 29.8 Å². The Hall–Kier alpha value is -2.41. The number of anilines is 1. The van der Waals surface area contributed by atoms with Gasteiger partial charge >= 0.3 is 5.97 Å². The number of carbonyl (C=O) groups excluding carboxylic acids is 3. The largest absolute Gasteiger partial charge is 0.454 e. The average Bonchev–Trinajstić information content (AvgIpc) is 2.59. The highest BCUT2D eigenvalue weighted by atomic mass is 16.6. The normalized spacial score (nSPS) is 10.1. The third-order valence-corrected chi connectivity index (χ3v) is 3.23. The molecule has 0 radical (unpaired) electrons. The number of carbonyl (C=O) groups is 3. The predicted octanol–water partition coefficient (Wildman–Crippen LogP) is 1.69. The van der Waals surface area contributed by atoms with E-state index < -0.39 is 18.5 Å². The predicted molar refractivity (Wildman–Crippen MR) is 89.8 cm³/mol. The summed E-state index contributed by atoms with van der Waals surface area (Å²) in [6, 6.07) is 6.64. The first-order valence-corrected chi connectivity index (χ1v) is 7.94. The fourth-order valence-electron chi connectivity index (χ4n) is 1.99. The molecular formula is C17H24N2O5. The topological polar surface area (TPSA) is 84.9 Å². The molecule has 0 aromatic heterocycles. The van der Waals surface area contributed by atoms with Crippen molar-refractivity contribution in [3.63, 3.8) is 0 Å². The van der Waals surface area contributed by atoms with Crippen LogP contribution in [0.15, 0.2) is 24.3 Å². The molecule has 0 bridgehead atoms. The van der Waals surface area contributed by atoms with Crippen LogP contribution in [-0.2, 0) is 19.1 Å². The Morgan fingerprint density at radius 3 is 2.42 bits per heavy atom. The van der Waals surface area contributed by atoms with E-state index in [0.717, 1.165) is 0 Å². The van der Waals surface area contributed by atoms with Gasteiger partial charge in [-0.25, -0.2) is 4.79 Å². The summed E-state index contributed by atoms with van der Waals surface area (Å²) in [7, 11) is 0. The molecule has 0 aliphatic heterocycles. The van der Waals surface area contributed by atoms with E-state index in [1.807, 2.05) is 13.8 Å². The molecule has 1 aromatic carbocycles. The van der Waals surface area contributed by atoms with Gasteiger partial charge in [0.25, 0.3) is 11.8 Å². The second-order valence-corrected chi connectivity index (χ2v) is 4.90. The number of nitrogens with zero attached hydrogens (tertiary/aromatic N) is 1. The van der Waals surface area contributed by atoms with Gasteiger partial charge in [0.05, 0.1) is 0 Å². The van der Waals surface area contributed by atoms with Crippen LogP contribution in [0, 0.1) is 0 Å². The lowest BCUT2D eigenvalue weighted by Crippen LogP contribution is -2.30. The fraction of sp³-hybridized carbons (Fsp3) is 0.471. The van der Waals surface area contributed by atoms with Crippen LogP contribution in [0.25, 0.3) is 0 Å². The number of amides is 2. The summed E-state index contributed by atoms with van der Waals surface area (Å²) in [5.74, 6) is -1.18. The van der Waals surface area contributed by atoms with Gasteiger partial charge in [0.1, 0.15) is 6.61 Å². The molecule has 24 heavy (non-hydrogen) atoms. The SMILES string of the molecule is CCOCC(=O)OCC(=O)Nc1cccc(C(=O)N(CC)CC)c1. The molecule has 0 heterocycles. The third kappa shape index (κ3) is 6.37. The van der Waals surface area contributed by atoms with Crippen LogP contribution in [0.5, 0.6) is 0 Å². The maximum Gasteiger partial charge on any atom is 0.332 e. The van der Waals surface area contributed by atoms with Crippen LogP contribution in [0.1, 0.15) is 31.1 Å². The van der Waals surface area contributed by atoms with Gasteiger partial charge in [-0.15, -0.1) is 0 Å². The van der Waals surface area contributed by atoms with Gasteiger partial charge in [-0.2, -0.15) is 0 Å². The Labute approximate surface area is 141 Å². The highest BCUT2D eigenvalue weighted by Gasteiger charge is 2.13. The summed E-state index contributed by atoms with van der Waals surface area (Å²) in [6.07, 6.45) is 0. The number of benzene rings is 1. The van der Waals surface area contributed by atoms with Gasteiger partial charge in [0.15, 0.2) is 6.61 Å². The molecule has 1 rings (SSSR count). The highest BCUT2D eigenvalue weighted by molar-refractivity contribution is 5.97. The van der Waals surface area contributed by atoms with Crippen LogP contribution in [0.2, 0.25) is 0 Å². The molecule has 0 fully saturated rings. The van der Waals surface area contributed by atoms with Gasteiger partial charge in [-0.3, -0.25) is 9.59 Å². The molecule has 0 aliphatic rings. The van der Waals surface area contributed by atoms with E-state index >= 15 is 0 Å². The van der Waals surface area contributed by atoms with E-state index in [-0.39, 0.29) is 12.5 Å². The Balaban J connectivity index is 2.59. The van der Waals surface area contributed by atoms with E-state index in [1.165, 1.54) is 0 Å². The zero-order chi connectivity index (χ0) is 17.9. The molecule has 0 saturated carbocycles. The lowest BCUT2D eigenvalue weighted by Gasteiger charge is -2.19. The number of esters is 1. The van der Waals surface area contributed by atoms with Crippen LogP contribution in [-0.4, -0.2) is 55.6 Å².